The van der Waals surface area contributed by atoms with Gasteiger partial charge in [-0.15, -0.1) is 0 Å². The van der Waals surface area contributed by atoms with Crippen molar-refractivity contribution in [2.24, 2.45) is 13.0 Å². The zero-order chi connectivity index (χ0) is 14.9. The molecule has 0 amide bonds. The van der Waals surface area contributed by atoms with E-state index in [9.17, 15) is 0 Å². The molecule has 0 radical (unpaired) electrons. The van der Waals surface area contributed by atoms with E-state index in [4.69, 9.17) is 4.74 Å². The number of rotatable bonds is 5. The molecule has 2 aliphatic rings. The molecular weight excluding hydrogens is 276 g/mol. The molecule has 2 aromatic heterocycles. The highest BCUT2D eigenvalue weighted by molar-refractivity contribution is 5.09. The summed E-state index contributed by atoms with van der Waals surface area (Å²) in [4.78, 5) is 6.91. The van der Waals surface area contributed by atoms with Crippen molar-refractivity contribution in [1.29, 1.82) is 0 Å². The van der Waals surface area contributed by atoms with Crippen LogP contribution in [0.4, 0.5) is 0 Å². The van der Waals surface area contributed by atoms with E-state index in [0.717, 1.165) is 18.8 Å². The molecule has 0 spiro atoms. The lowest BCUT2D eigenvalue weighted by Gasteiger charge is -2.26. The maximum absolute atomic E-state index is 6.22. The van der Waals surface area contributed by atoms with E-state index >= 15 is 0 Å². The van der Waals surface area contributed by atoms with Crippen LogP contribution < -0.4 is 0 Å². The Bertz CT molecular complexity index is 627. The average molecular weight is 298 g/mol. The van der Waals surface area contributed by atoms with E-state index in [0.29, 0.717) is 24.7 Å². The Balaban J connectivity index is 1.38. The topological polar surface area (TPSA) is 43.2 Å². The first-order valence-corrected chi connectivity index (χ1v) is 8.02. The molecule has 5 heteroatoms. The quantitative estimate of drug-likeness (QED) is 0.847. The summed E-state index contributed by atoms with van der Waals surface area (Å²) in [6.45, 7) is 2.75. The molecule has 5 nitrogen and oxygen atoms in total. The number of nitrogens with zero attached hydrogens (tertiary/aromatic N) is 4. The summed E-state index contributed by atoms with van der Waals surface area (Å²) < 4.78 is 8.10. The summed E-state index contributed by atoms with van der Waals surface area (Å²) >= 11 is 0. The van der Waals surface area contributed by atoms with Gasteiger partial charge in [0.05, 0.1) is 24.6 Å². The Kier molecular flexibility index (Phi) is 3.68. The van der Waals surface area contributed by atoms with E-state index < -0.39 is 0 Å². The number of aromatic nitrogens is 3. The van der Waals surface area contributed by atoms with Crippen LogP contribution in [0.15, 0.2) is 36.8 Å². The zero-order valence-corrected chi connectivity index (χ0v) is 12.9. The summed E-state index contributed by atoms with van der Waals surface area (Å²) in [6, 6.07) is 6.54. The molecule has 0 N–H and O–H groups in total. The fraction of sp³-hybridized carbons (Fsp3) is 0.529. The van der Waals surface area contributed by atoms with Crippen molar-refractivity contribution in [2.45, 2.75) is 38.1 Å². The Morgan fingerprint density at radius 3 is 3.05 bits per heavy atom. The van der Waals surface area contributed by atoms with Crippen LogP contribution in [0.25, 0.3) is 0 Å². The van der Waals surface area contributed by atoms with Gasteiger partial charge in [-0.05, 0) is 30.9 Å². The Morgan fingerprint density at radius 1 is 1.32 bits per heavy atom. The monoisotopic (exact) mass is 298 g/mol. The third-order valence-electron chi connectivity index (χ3n) is 4.91. The minimum atomic E-state index is 0.360. The molecule has 0 unspecified atom stereocenters. The van der Waals surface area contributed by atoms with Crippen molar-refractivity contribution in [2.75, 3.05) is 6.54 Å². The predicted molar refractivity (Wildman–Crippen MR) is 82.9 cm³/mol. The van der Waals surface area contributed by atoms with Crippen LogP contribution in [0.1, 0.15) is 24.1 Å². The molecule has 116 valence electrons. The molecule has 3 heterocycles. The SMILES string of the molecule is Cn1cc(CN2C[C@H]3CC[C@H]2[C@@H]3OCc2ccccn2)cn1. The number of hydrogen-bond donors (Lipinski definition) is 0. The van der Waals surface area contributed by atoms with Gasteiger partial charge < -0.3 is 4.74 Å². The number of piperidine rings is 1. The second-order valence-corrected chi connectivity index (χ2v) is 6.45. The summed E-state index contributed by atoms with van der Waals surface area (Å²) in [5.41, 5.74) is 2.31. The predicted octanol–water partition coefficient (Wildman–Crippen LogP) is 1.99. The van der Waals surface area contributed by atoms with Gasteiger partial charge in [-0.25, -0.2) is 0 Å². The van der Waals surface area contributed by atoms with Crippen LogP contribution in [0.5, 0.6) is 0 Å². The fourth-order valence-corrected chi connectivity index (χ4v) is 3.93. The van der Waals surface area contributed by atoms with Crippen molar-refractivity contribution in [3.63, 3.8) is 0 Å². The summed E-state index contributed by atoms with van der Waals surface area (Å²) in [7, 11) is 1.97. The van der Waals surface area contributed by atoms with Crippen molar-refractivity contribution in [3.8, 4) is 0 Å². The summed E-state index contributed by atoms with van der Waals surface area (Å²) in [5.74, 6) is 0.672. The van der Waals surface area contributed by atoms with Gasteiger partial charge in [-0.1, -0.05) is 6.07 Å². The van der Waals surface area contributed by atoms with Gasteiger partial charge in [0.1, 0.15) is 0 Å². The van der Waals surface area contributed by atoms with Crippen LogP contribution in [-0.2, 0) is 24.9 Å². The zero-order valence-electron chi connectivity index (χ0n) is 12.9. The molecule has 4 rings (SSSR count). The lowest BCUT2D eigenvalue weighted by molar-refractivity contribution is 0.0138. The van der Waals surface area contributed by atoms with Crippen LogP contribution in [-0.4, -0.2) is 38.4 Å². The van der Waals surface area contributed by atoms with E-state index in [1.54, 1.807) is 0 Å². The molecule has 2 bridgehead atoms. The second-order valence-electron chi connectivity index (χ2n) is 6.45. The van der Waals surface area contributed by atoms with Crippen molar-refractivity contribution >= 4 is 0 Å². The van der Waals surface area contributed by atoms with E-state index in [1.807, 2.05) is 42.3 Å². The Labute approximate surface area is 130 Å². The molecule has 2 fully saturated rings. The minimum absolute atomic E-state index is 0.360. The lowest BCUT2D eigenvalue weighted by atomic mass is 10.1. The highest BCUT2D eigenvalue weighted by atomic mass is 16.5. The fourth-order valence-electron chi connectivity index (χ4n) is 3.93. The molecule has 2 aromatic rings. The van der Waals surface area contributed by atoms with Crippen LogP contribution >= 0.6 is 0 Å². The minimum Gasteiger partial charge on any atom is -0.370 e. The molecule has 3 atom stereocenters. The Hall–Kier alpha value is -1.72. The number of aryl methyl sites for hydroxylation is 1. The van der Waals surface area contributed by atoms with Gasteiger partial charge in [0.25, 0.3) is 0 Å². The molecule has 0 aromatic carbocycles. The summed E-state index contributed by atoms with van der Waals surface area (Å²) in [6.07, 6.45) is 8.81. The van der Waals surface area contributed by atoms with Gasteiger partial charge in [-0.3, -0.25) is 14.6 Å². The molecule has 1 saturated heterocycles. The maximum Gasteiger partial charge on any atom is 0.0892 e. The van der Waals surface area contributed by atoms with Crippen LogP contribution in [0, 0.1) is 5.92 Å². The molecule has 1 aliphatic heterocycles. The number of pyridine rings is 1. The number of likely N-dealkylation sites (tertiary alicyclic amines) is 1. The lowest BCUT2D eigenvalue weighted by Crippen LogP contribution is -2.34. The highest BCUT2D eigenvalue weighted by Gasteiger charge is 2.47. The smallest absolute Gasteiger partial charge is 0.0892 e. The first kappa shape index (κ1) is 13.9. The van der Waals surface area contributed by atoms with Crippen LogP contribution in [0.3, 0.4) is 0 Å². The molecular formula is C17H22N4O. The van der Waals surface area contributed by atoms with Gasteiger partial charge in [0, 0.05) is 44.1 Å². The third kappa shape index (κ3) is 2.66. The van der Waals surface area contributed by atoms with Crippen LogP contribution in [0.2, 0.25) is 0 Å². The van der Waals surface area contributed by atoms with Gasteiger partial charge in [-0.2, -0.15) is 5.10 Å². The normalized spacial score (nSPS) is 27.6. The first-order valence-electron chi connectivity index (χ1n) is 8.02. The number of fused-ring (bicyclic) bond motifs is 2. The Morgan fingerprint density at radius 2 is 2.27 bits per heavy atom. The summed E-state index contributed by atoms with van der Waals surface area (Å²) in [5, 5.41) is 4.27. The average Bonchev–Trinajstić information content (AvgIpc) is 3.21. The van der Waals surface area contributed by atoms with Gasteiger partial charge in [0.15, 0.2) is 0 Å². The van der Waals surface area contributed by atoms with Crippen molar-refractivity contribution < 1.29 is 4.74 Å². The van der Waals surface area contributed by atoms with E-state index in [2.05, 4.69) is 21.2 Å². The molecule has 22 heavy (non-hydrogen) atoms. The third-order valence-corrected chi connectivity index (χ3v) is 4.91. The first-order chi connectivity index (χ1) is 10.8. The maximum atomic E-state index is 6.22. The standard InChI is InChI=1S/C17H22N4O/c1-20-9-13(8-19-20)10-21-11-14-5-6-16(21)17(14)22-12-15-4-2-3-7-18-15/h2-4,7-9,14,16-17H,5-6,10-12H2,1H3/t14-,16+,17-/m1/s1. The van der Waals surface area contributed by atoms with E-state index in [1.165, 1.54) is 18.4 Å². The second kappa shape index (κ2) is 5.82. The van der Waals surface area contributed by atoms with Crippen molar-refractivity contribution in [1.82, 2.24) is 19.7 Å². The highest BCUT2D eigenvalue weighted by Crippen LogP contribution is 2.40. The number of ether oxygens (including phenoxy) is 1. The van der Waals surface area contributed by atoms with E-state index in [-0.39, 0.29) is 0 Å². The largest absolute Gasteiger partial charge is 0.370 e. The van der Waals surface area contributed by atoms with Crippen molar-refractivity contribution in [3.05, 3.63) is 48.0 Å². The van der Waals surface area contributed by atoms with Gasteiger partial charge >= 0.3 is 0 Å². The molecule has 1 aliphatic carbocycles. The van der Waals surface area contributed by atoms with Gasteiger partial charge in [0.2, 0.25) is 0 Å². The molecule has 1 saturated carbocycles. The number of hydrogen-bond acceptors (Lipinski definition) is 4.